The van der Waals surface area contributed by atoms with Crippen molar-refractivity contribution in [2.45, 2.75) is 66.8 Å². The van der Waals surface area contributed by atoms with Crippen molar-refractivity contribution in [1.82, 2.24) is 0 Å². The van der Waals surface area contributed by atoms with E-state index in [0.29, 0.717) is 0 Å². The van der Waals surface area contributed by atoms with Crippen LogP contribution in [0.3, 0.4) is 0 Å². The van der Waals surface area contributed by atoms with E-state index in [1.165, 1.54) is 19.5 Å². The minimum Gasteiger partial charge on any atom is -0.378 e. The van der Waals surface area contributed by atoms with Crippen LogP contribution < -0.4 is 0 Å². The highest BCUT2D eigenvalue weighted by molar-refractivity contribution is 8.01. The molecule has 0 spiro atoms. The molecule has 1 aliphatic rings. The monoisotopic (exact) mass is 376 g/mol. The molecule has 0 aliphatic carbocycles. The lowest BCUT2D eigenvalue weighted by Gasteiger charge is -2.38. The van der Waals surface area contributed by atoms with Gasteiger partial charge in [0.1, 0.15) is 5.60 Å². The Morgan fingerprint density at radius 1 is 1.16 bits per heavy atom. The molecule has 1 fully saturated rings. The first-order valence-electron chi connectivity index (χ1n) is 8.88. The highest BCUT2D eigenvalue weighted by Crippen LogP contribution is 2.44. The van der Waals surface area contributed by atoms with Crippen molar-refractivity contribution in [2.75, 3.05) is 13.7 Å². The van der Waals surface area contributed by atoms with Crippen molar-refractivity contribution < 1.29 is 9.47 Å². The molecule has 2 nitrogen and oxygen atoms in total. The van der Waals surface area contributed by atoms with Crippen LogP contribution in [0.15, 0.2) is 45.5 Å². The van der Waals surface area contributed by atoms with E-state index in [1.807, 2.05) is 30.2 Å². The predicted molar refractivity (Wildman–Crippen MR) is 107 cm³/mol. The fourth-order valence-corrected chi connectivity index (χ4v) is 5.63. The zero-order valence-electron chi connectivity index (χ0n) is 15.8. The predicted octanol–water partition coefficient (Wildman–Crippen LogP) is 6.24. The van der Waals surface area contributed by atoms with E-state index < -0.39 is 0 Å². The lowest BCUT2D eigenvalue weighted by atomic mass is 9.87. The van der Waals surface area contributed by atoms with Crippen molar-refractivity contribution in [3.05, 3.63) is 46.8 Å². The summed E-state index contributed by atoms with van der Waals surface area (Å²) in [6.45, 7) is 9.65. The number of ether oxygens (including phenoxy) is 2. The summed E-state index contributed by atoms with van der Waals surface area (Å²) in [5.74, 6) is 0. The van der Waals surface area contributed by atoms with Crippen LogP contribution in [0.1, 0.15) is 51.0 Å². The fraction of sp³-hybridized carbons (Fsp3) is 0.524. The van der Waals surface area contributed by atoms with Gasteiger partial charge in [0, 0.05) is 29.7 Å². The van der Waals surface area contributed by atoms with Gasteiger partial charge in [-0.1, -0.05) is 44.7 Å². The number of benzene rings is 1. The van der Waals surface area contributed by atoms with Gasteiger partial charge in [0.15, 0.2) is 0 Å². The highest BCUT2D eigenvalue weighted by atomic mass is 32.2. The molecule has 0 saturated carbocycles. The van der Waals surface area contributed by atoms with Gasteiger partial charge in [-0.3, -0.25) is 0 Å². The lowest BCUT2D eigenvalue weighted by Crippen LogP contribution is -2.38. The summed E-state index contributed by atoms with van der Waals surface area (Å²) >= 11 is 3.69. The van der Waals surface area contributed by atoms with E-state index in [0.717, 1.165) is 19.4 Å². The Labute approximate surface area is 159 Å². The van der Waals surface area contributed by atoms with Gasteiger partial charge in [-0.15, -0.1) is 11.3 Å². The highest BCUT2D eigenvalue weighted by Gasteiger charge is 2.38. The molecule has 2 aromatic rings. The minimum atomic E-state index is -0.183. The van der Waals surface area contributed by atoms with Gasteiger partial charge in [-0.25, -0.2) is 0 Å². The third-order valence-electron chi connectivity index (χ3n) is 4.89. The zero-order chi connectivity index (χ0) is 18.1. The molecule has 25 heavy (non-hydrogen) atoms. The van der Waals surface area contributed by atoms with E-state index >= 15 is 0 Å². The number of methoxy groups -OCH3 is 1. The van der Waals surface area contributed by atoms with E-state index in [4.69, 9.17) is 9.47 Å². The van der Waals surface area contributed by atoms with E-state index in [2.05, 4.69) is 64.1 Å². The largest absolute Gasteiger partial charge is 0.378 e. The summed E-state index contributed by atoms with van der Waals surface area (Å²) in [7, 11) is 1.83. The van der Waals surface area contributed by atoms with Crippen molar-refractivity contribution in [1.29, 1.82) is 0 Å². The Morgan fingerprint density at radius 2 is 1.88 bits per heavy atom. The van der Waals surface area contributed by atoms with E-state index in [-0.39, 0.29) is 17.1 Å². The van der Waals surface area contributed by atoms with Crippen LogP contribution in [0.25, 0.3) is 0 Å². The smallest absolute Gasteiger partial charge is 0.107 e. The Morgan fingerprint density at radius 3 is 2.48 bits per heavy atom. The molecule has 1 aromatic carbocycles. The van der Waals surface area contributed by atoms with Gasteiger partial charge < -0.3 is 9.47 Å². The van der Waals surface area contributed by atoms with Crippen molar-refractivity contribution >= 4 is 23.1 Å². The average Bonchev–Trinajstić information content (AvgIpc) is 3.03. The zero-order valence-corrected chi connectivity index (χ0v) is 17.4. The maximum absolute atomic E-state index is 5.97. The van der Waals surface area contributed by atoms with E-state index in [1.54, 1.807) is 0 Å². The topological polar surface area (TPSA) is 18.5 Å². The SMILES string of the molecule is CO[C@]1(c2ccc(Sc3ccc(C(C)(C)C)cc3)s2)CCO[C@@H](C)C1. The molecule has 2 heterocycles. The Balaban J connectivity index is 1.75. The second kappa shape index (κ2) is 7.43. The normalized spacial score (nSPS) is 24.4. The summed E-state index contributed by atoms with van der Waals surface area (Å²) in [5.41, 5.74) is 1.39. The minimum absolute atomic E-state index is 0.183. The van der Waals surface area contributed by atoms with Crippen LogP contribution in [0.4, 0.5) is 0 Å². The molecule has 1 aliphatic heterocycles. The van der Waals surface area contributed by atoms with Gasteiger partial charge in [-0.05, 0) is 42.2 Å². The van der Waals surface area contributed by atoms with Crippen molar-refractivity contribution in [2.24, 2.45) is 0 Å². The number of hydrogen-bond acceptors (Lipinski definition) is 4. The summed E-state index contributed by atoms with van der Waals surface area (Å²) in [6, 6.07) is 13.4. The maximum atomic E-state index is 5.97. The quantitative estimate of drug-likeness (QED) is 0.629. The molecule has 0 bridgehead atoms. The van der Waals surface area contributed by atoms with Crippen LogP contribution in [-0.4, -0.2) is 19.8 Å². The first-order valence-corrected chi connectivity index (χ1v) is 10.5. The standard InChI is InChI=1S/C21H28O2S2/c1-15-14-21(22-5,12-13-23-15)18-10-11-19(25-18)24-17-8-6-16(7-9-17)20(2,3)4/h6-11,15H,12-14H2,1-5H3/t15-,21+/m0/s1. The molecule has 4 heteroatoms. The molecule has 1 aromatic heterocycles. The van der Waals surface area contributed by atoms with Gasteiger partial charge in [0.25, 0.3) is 0 Å². The maximum Gasteiger partial charge on any atom is 0.107 e. The third-order valence-corrected chi connectivity index (χ3v) is 7.30. The van der Waals surface area contributed by atoms with Crippen LogP contribution >= 0.6 is 23.1 Å². The lowest BCUT2D eigenvalue weighted by molar-refractivity contribution is -0.120. The summed E-state index contributed by atoms with van der Waals surface area (Å²) in [6.07, 6.45) is 2.10. The van der Waals surface area contributed by atoms with Crippen LogP contribution in [0.2, 0.25) is 0 Å². The molecule has 0 amide bonds. The van der Waals surface area contributed by atoms with Crippen LogP contribution in [0.5, 0.6) is 0 Å². The first-order chi connectivity index (χ1) is 11.8. The fourth-order valence-electron chi connectivity index (χ4n) is 3.32. The molecule has 136 valence electrons. The van der Waals surface area contributed by atoms with Crippen molar-refractivity contribution in [3.8, 4) is 0 Å². The number of rotatable bonds is 4. The summed E-state index contributed by atoms with van der Waals surface area (Å²) in [5, 5.41) is 0. The summed E-state index contributed by atoms with van der Waals surface area (Å²) < 4.78 is 13.0. The number of thiophene rings is 1. The number of hydrogen-bond donors (Lipinski definition) is 0. The Kier molecular flexibility index (Phi) is 5.64. The molecule has 0 N–H and O–H groups in total. The van der Waals surface area contributed by atoms with Gasteiger partial charge in [0.2, 0.25) is 0 Å². The van der Waals surface area contributed by atoms with Gasteiger partial charge >= 0.3 is 0 Å². The third kappa shape index (κ3) is 4.30. The molecular formula is C21H28O2S2. The van der Waals surface area contributed by atoms with Gasteiger partial charge in [0.05, 0.1) is 16.9 Å². The van der Waals surface area contributed by atoms with Crippen LogP contribution in [-0.2, 0) is 20.5 Å². The molecule has 0 unspecified atom stereocenters. The van der Waals surface area contributed by atoms with Gasteiger partial charge in [-0.2, -0.15) is 0 Å². The Bertz CT molecular complexity index is 699. The molecule has 1 saturated heterocycles. The van der Waals surface area contributed by atoms with Crippen LogP contribution in [0, 0.1) is 0 Å². The molecule has 3 rings (SSSR count). The molecular weight excluding hydrogens is 348 g/mol. The second-order valence-electron chi connectivity index (χ2n) is 7.83. The first kappa shape index (κ1) is 19.0. The Hall–Kier alpha value is -0.810. The summed E-state index contributed by atoms with van der Waals surface area (Å²) in [4.78, 5) is 2.60. The molecule has 0 radical (unpaired) electrons. The second-order valence-corrected chi connectivity index (χ2v) is 10.3. The van der Waals surface area contributed by atoms with E-state index in [9.17, 15) is 0 Å². The molecule has 2 atom stereocenters. The average molecular weight is 377 g/mol. The van der Waals surface area contributed by atoms with Crippen molar-refractivity contribution in [3.63, 3.8) is 0 Å².